The zero-order valence-corrected chi connectivity index (χ0v) is 15.4. The van der Waals surface area contributed by atoms with Crippen LogP contribution in [0.2, 0.25) is 0 Å². The Balaban J connectivity index is 1.54. The largest absolute Gasteiger partial charge is 0.423 e. The molecule has 3 aromatic carbocycles. The maximum atomic E-state index is 12.6. The van der Waals surface area contributed by atoms with Gasteiger partial charge in [0.25, 0.3) is 0 Å². The minimum absolute atomic E-state index is 0.0987. The molecule has 1 heterocycles. The smallest absolute Gasteiger partial charge is 0.336 e. The summed E-state index contributed by atoms with van der Waals surface area (Å²) in [5, 5.41) is 4.91. The third-order valence-corrected chi connectivity index (χ3v) is 5.92. The van der Waals surface area contributed by atoms with Crippen molar-refractivity contribution in [3.05, 3.63) is 83.2 Å². The van der Waals surface area contributed by atoms with E-state index in [-0.39, 0.29) is 4.90 Å². The summed E-state index contributed by atoms with van der Waals surface area (Å²) in [4.78, 5) is 23.6. The number of amides is 1. The number of hydrogen-bond donors (Lipinski definition) is 1. The summed E-state index contributed by atoms with van der Waals surface area (Å²) in [5.41, 5.74) is 0.333. The molecular weight excluding hydrogens is 378 g/mol. The summed E-state index contributed by atoms with van der Waals surface area (Å²) in [5.74, 6) is -1.32. The first-order valence-electron chi connectivity index (χ1n) is 8.46. The van der Waals surface area contributed by atoms with Crippen molar-refractivity contribution in [1.29, 1.82) is 0 Å². The molecule has 0 unspecified atom stereocenters. The van der Waals surface area contributed by atoms with Gasteiger partial charge < -0.3 is 9.73 Å². The minimum atomic E-state index is -3.79. The Morgan fingerprint density at radius 1 is 0.857 bits per heavy atom. The molecule has 0 aliphatic heterocycles. The Morgan fingerprint density at radius 3 is 2.43 bits per heavy atom. The van der Waals surface area contributed by atoms with Gasteiger partial charge in [0.1, 0.15) is 11.3 Å². The number of nitrogens with one attached hydrogen (secondary N) is 1. The van der Waals surface area contributed by atoms with Gasteiger partial charge in [-0.3, -0.25) is 4.79 Å². The minimum Gasteiger partial charge on any atom is -0.423 e. The number of anilines is 1. The molecule has 140 valence electrons. The Kier molecular flexibility index (Phi) is 4.44. The van der Waals surface area contributed by atoms with Gasteiger partial charge in [0, 0.05) is 17.1 Å². The van der Waals surface area contributed by atoms with E-state index in [9.17, 15) is 18.0 Å². The van der Waals surface area contributed by atoms with E-state index in [1.807, 2.05) is 24.3 Å². The molecule has 7 heteroatoms. The van der Waals surface area contributed by atoms with Crippen LogP contribution < -0.4 is 10.9 Å². The van der Waals surface area contributed by atoms with Crippen LogP contribution in [-0.4, -0.2) is 20.1 Å². The second-order valence-corrected chi connectivity index (χ2v) is 8.31. The molecule has 1 N–H and O–H groups in total. The maximum Gasteiger partial charge on any atom is 0.336 e. The van der Waals surface area contributed by atoms with E-state index in [1.54, 1.807) is 36.4 Å². The van der Waals surface area contributed by atoms with Crippen LogP contribution in [0.3, 0.4) is 0 Å². The van der Waals surface area contributed by atoms with E-state index in [4.69, 9.17) is 4.42 Å². The molecule has 0 atom stereocenters. The zero-order chi connectivity index (χ0) is 19.7. The molecule has 0 fully saturated rings. The molecular formula is C21H15NO5S. The summed E-state index contributed by atoms with van der Waals surface area (Å²) < 4.78 is 30.3. The monoisotopic (exact) mass is 393 g/mol. The topological polar surface area (TPSA) is 93.4 Å². The quantitative estimate of drug-likeness (QED) is 0.537. The Labute approximate surface area is 160 Å². The van der Waals surface area contributed by atoms with Crippen molar-refractivity contribution in [3.8, 4) is 0 Å². The van der Waals surface area contributed by atoms with Crippen LogP contribution in [0.15, 0.2) is 86.9 Å². The van der Waals surface area contributed by atoms with Crippen molar-refractivity contribution in [2.75, 3.05) is 11.1 Å². The van der Waals surface area contributed by atoms with Gasteiger partial charge in [-0.15, -0.1) is 0 Å². The van der Waals surface area contributed by atoms with Crippen molar-refractivity contribution in [2.24, 2.45) is 0 Å². The third-order valence-electron chi connectivity index (χ3n) is 4.30. The van der Waals surface area contributed by atoms with Gasteiger partial charge in [-0.1, -0.05) is 30.3 Å². The average Bonchev–Trinajstić information content (AvgIpc) is 2.67. The predicted molar refractivity (Wildman–Crippen MR) is 107 cm³/mol. The molecule has 0 aliphatic carbocycles. The zero-order valence-electron chi connectivity index (χ0n) is 14.6. The first kappa shape index (κ1) is 17.9. The Morgan fingerprint density at radius 2 is 1.61 bits per heavy atom. The van der Waals surface area contributed by atoms with Gasteiger partial charge in [-0.25, -0.2) is 13.2 Å². The van der Waals surface area contributed by atoms with E-state index in [0.717, 1.165) is 10.8 Å². The molecule has 0 saturated heterocycles. The Bertz CT molecular complexity index is 1370. The van der Waals surface area contributed by atoms with Crippen LogP contribution in [0.1, 0.15) is 0 Å². The van der Waals surface area contributed by atoms with Crippen molar-refractivity contribution < 1.29 is 17.6 Å². The first-order valence-corrected chi connectivity index (χ1v) is 10.1. The first-order chi connectivity index (χ1) is 13.4. The maximum absolute atomic E-state index is 12.6. The number of rotatable bonds is 4. The number of carbonyl (C=O) groups is 1. The lowest BCUT2D eigenvalue weighted by atomic mass is 10.1. The summed E-state index contributed by atoms with van der Waals surface area (Å²) in [6.07, 6.45) is 0. The fourth-order valence-electron chi connectivity index (χ4n) is 2.96. The molecule has 28 heavy (non-hydrogen) atoms. The highest BCUT2D eigenvalue weighted by molar-refractivity contribution is 7.92. The number of sulfone groups is 1. The van der Waals surface area contributed by atoms with Crippen LogP contribution in [0, 0.1) is 0 Å². The third kappa shape index (κ3) is 3.65. The van der Waals surface area contributed by atoms with Crippen molar-refractivity contribution >= 4 is 43.2 Å². The van der Waals surface area contributed by atoms with Crippen LogP contribution in [0.25, 0.3) is 21.7 Å². The van der Waals surface area contributed by atoms with Gasteiger partial charge in [-0.2, -0.15) is 0 Å². The predicted octanol–water partition coefficient (Wildman–Crippen LogP) is 3.36. The van der Waals surface area contributed by atoms with Crippen LogP contribution in [-0.2, 0) is 14.6 Å². The molecule has 0 aliphatic rings. The summed E-state index contributed by atoms with van der Waals surface area (Å²) in [7, 11) is -3.79. The molecule has 0 saturated carbocycles. The van der Waals surface area contributed by atoms with Crippen molar-refractivity contribution in [1.82, 2.24) is 0 Å². The lowest BCUT2D eigenvalue weighted by molar-refractivity contribution is -0.113. The highest BCUT2D eigenvalue weighted by Gasteiger charge is 2.20. The van der Waals surface area contributed by atoms with E-state index < -0.39 is 27.1 Å². The molecule has 4 aromatic rings. The molecule has 0 spiro atoms. The van der Waals surface area contributed by atoms with Gasteiger partial charge >= 0.3 is 5.63 Å². The summed E-state index contributed by atoms with van der Waals surface area (Å²) in [6.45, 7) is 0. The second-order valence-electron chi connectivity index (χ2n) is 6.32. The van der Waals surface area contributed by atoms with Gasteiger partial charge in [0.05, 0.1) is 4.90 Å². The number of fused-ring (bicyclic) bond motifs is 2. The van der Waals surface area contributed by atoms with Crippen LogP contribution in [0.5, 0.6) is 0 Å². The second kappa shape index (κ2) is 6.94. The Hall–Kier alpha value is -3.45. The van der Waals surface area contributed by atoms with Gasteiger partial charge in [0.15, 0.2) is 9.84 Å². The van der Waals surface area contributed by atoms with Crippen LogP contribution >= 0.6 is 0 Å². The number of benzene rings is 3. The van der Waals surface area contributed by atoms with Gasteiger partial charge in [0.2, 0.25) is 5.91 Å². The molecule has 1 aromatic heterocycles. The molecule has 4 rings (SSSR count). The highest BCUT2D eigenvalue weighted by atomic mass is 32.2. The number of carbonyl (C=O) groups excluding carboxylic acids is 1. The molecule has 0 bridgehead atoms. The summed E-state index contributed by atoms with van der Waals surface area (Å²) >= 11 is 0. The van der Waals surface area contributed by atoms with E-state index in [0.29, 0.717) is 16.7 Å². The standard InChI is InChI=1S/C21H15NO5S/c23-20(22-17-7-9-19-16(11-17)6-10-21(24)27-19)13-28(25,26)18-8-5-14-3-1-2-4-15(14)12-18/h1-12H,13H2,(H,22,23). The highest BCUT2D eigenvalue weighted by Crippen LogP contribution is 2.21. The van der Waals surface area contributed by atoms with Crippen molar-refractivity contribution in [2.45, 2.75) is 4.90 Å². The summed E-state index contributed by atoms with van der Waals surface area (Å²) in [6, 6.07) is 19.7. The fourth-order valence-corrected chi connectivity index (χ4v) is 4.13. The van der Waals surface area contributed by atoms with E-state index in [1.165, 1.54) is 12.1 Å². The van der Waals surface area contributed by atoms with Crippen molar-refractivity contribution in [3.63, 3.8) is 0 Å². The van der Waals surface area contributed by atoms with Gasteiger partial charge in [-0.05, 0) is 47.2 Å². The fraction of sp³-hybridized carbons (Fsp3) is 0.0476. The molecule has 6 nitrogen and oxygen atoms in total. The van der Waals surface area contributed by atoms with E-state index in [2.05, 4.69) is 5.32 Å². The number of hydrogen-bond acceptors (Lipinski definition) is 5. The normalized spacial score (nSPS) is 11.6. The molecule has 0 radical (unpaired) electrons. The SMILES string of the molecule is O=C(CS(=O)(=O)c1ccc2ccccc2c1)Nc1ccc2oc(=O)ccc2c1. The molecule has 1 amide bonds. The lowest BCUT2D eigenvalue weighted by Gasteiger charge is -2.08. The average molecular weight is 393 g/mol. The lowest BCUT2D eigenvalue weighted by Crippen LogP contribution is -2.23. The van der Waals surface area contributed by atoms with Crippen LogP contribution in [0.4, 0.5) is 5.69 Å². The van der Waals surface area contributed by atoms with E-state index >= 15 is 0 Å².